The number of rotatable bonds is 2. The molecule has 0 saturated carbocycles. The largest absolute Gasteiger partial charge is 0.421 e. The number of amides is 1. The van der Waals surface area contributed by atoms with Crippen molar-refractivity contribution in [1.29, 1.82) is 0 Å². The number of carbonyl (C=O) groups excluding carboxylic acids is 1. The van der Waals surface area contributed by atoms with E-state index in [0.29, 0.717) is 11.1 Å². The Kier molecular flexibility index (Phi) is 3.51. The molecule has 0 aliphatic heterocycles. The van der Waals surface area contributed by atoms with Crippen molar-refractivity contribution < 1.29 is 9.21 Å². The fourth-order valence-corrected chi connectivity index (χ4v) is 2.49. The van der Waals surface area contributed by atoms with E-state index < -0.39 is 5.63 Å². The molecule has 1 aromatic heterocycles. The molecule has 4 nitrogen and oxygen atoms in total. The van der Waals surface area contributed by atoms with E-state index in [1.54, 1.807) is 6.92 Å². The highest BCUT2D eigenvalue weighted by molar-refractivity contribution is 5.94. The summed E-state index contributed by atoms with van der Waals surface area (Å²) in [7, 11) is 0. The SMILES string of the molecule is CC(=O)Nc1c(C)c2ccc(-c3ccccc3)cc2oc1=O. The average Bonchev–Trinajstić information content (AvgIpc) is 2.51. The smallest absolute Gasteiger partial charge is 0.360 e. The zero-order valence-corrected chi connectivity index (χ0v) is 12.3. The van der Waals surface area contributed by atoms with E-state index in [2.05, 4.69) is 5.32 Å². The normalized spacial score (nSPS) is 10.6. The van der Waals surface area contributed by atoms with Gasteiger partial charge < -0.3 is 9.73 Å². The van der Waals surface area contributed by atoms with Crippen LogP contribution in [0.15, 0.2) is 57.7 Å². The van der Waals surface area contributed by atoms with Crippen LogP contribution in [-0.4, -0.2) is 5.91 Å². The first-order valence-corrected chi connectivity index (χ1v) is 6.97. The van der Waals surface area contributed by atoms with Gasteiger partial charge in [0, 0.05) is 12.3 Å². The van der Waals surface area contributed by atoms with Gasteiger partial charge in [0.15, 0.2) is 0 Å². The second kappa shape index (κ2) is 5.48. The number of carbonyl (C=O) groups is 1. The Hall–Kier alpha value is -2.88. The van der Waals surface area contributed by atoms with Gasteiger partial charge in [-0.25, -0.2) is 4.79 Å². The minimum absolute atomic E-state index is 0.201. The second-order valence-corrected chi connectivity index (χ2v) is 5.15. The van der Waals surface area contributed by atoms with Gasteiger partial charge >= 0.3 is 5.63 Å². The first-order valence-electron chi connectivity index (χ1n) is 6.97. The van der Waals surface area contributed by atoms with Gasteiger partial charge in [-0.05, 0) is 29.7 Å². The monoisotopic (exact) mass is 293 g/mol. The molecule has 0 fully saturated rings. The van der Waals surface area contributed by atoms with Crippen LogP contribution in [0.1, 0.15) is 12.5 Å². The van der Waals surface area contributed by atoms with Crippen LogP contribution >= 0.6 is 0 Å². The van der Waals surface area contributed by atoms with Gasteiger partial charge in [-0.15, -0.1) is 0 Å². The van der Waals surface area contributed by atoms with Crippen molar-refractivity contribution in [3.63, 3.8) is 0 Å². The molecule has 2 aromatic carbocycles. The third-order valence-electron chi connectivity index (χ3n) is 3.58. The van der Waals surface area contributed by atoms with Crippen LogP contribution in [0.4, 0.5) is 5.69 Å². The Bertz CT molecular complexity index is 911. The first-order chi connectivity index (χ1) is 10.6. The predicted molar refractivity (Wildman–Crippen MR) is 87.0 cm³/mol. The molecule has 1 N–H and O–H groups in total. The molecular weight excluding hydrogens is 278 g/mol. The summed E-state index contributed by atoms with van der Waals surface area (Å²) >= 11 is 0. The van der Waals surface area contributed by atoms with E-state index in [-0.39, 0.29) is 11.6 Å². The lowest BCUT2D eigenvalue weighted by Gasteiger charge is -2.09. The number of benzene rings is 2. The highest BCUT2D eigenvalue weighted by Gasteiger charge is 2.13. The summed E-state index contributed by atoms with van der Waals surface area (Å²) in [6, 6.07) is 15.6. The van der Waals surface area contributed by atoms with Crippen molar-refractivity contribution in [1.82, 2.24) is 0 Å². The highest BCUT2D eigenvalue weighted by atomic mass is 16.4. The molecule has 0 unspecified atom stereocenters. The molecule has 3 rings (SSSR count). The Morgan fingerprint density at radius 2 is 1.77 bits per heavy atom. The number of nitrogens with one attached hydrogen (secondary N) is 1. The van der Waals surface area contributed by atoms with Crippen LogP contribution in [0, 0.1) is 6.92 Å². The van der Waals surface area contributed by atoms with Gasteiger partial charge in [-0.2, -0.15) is 0 Å². The third kappa shape index (κ3) is 2.51. The molecule has 0 saturated heterocycles. The van der Waals surface area contributed by atoms with Gasteiger partial charge in [-0.1, -0.05) is 42.5 Å². The topological polar surface area (TPSA) is 59.3 Å². The third-order valence-corrected chi connectivity index (χ3v) is 3.58. The van der Waals surface area contributed by atoms with E-state index in [4.69, 9.17) is 4.42 Å². The molecule has 0 bridgehead atoms. The summed E-state index contributed by atoms with van der Waals surface area (Å²) < 4.78 is 5.37. The summed E-state index contributed by atoms with van der Waals surface area (Å²) in [5.41, 5.74) is 2.91. The molecule has 110 valence electrons. The predicted octanol–water partition coefficient (Wildman–Crippen LogP) is 3.73. The van der Waals surface area contributed by atoms with Crippen LogP contribution < -0.4 is 10.9 Å². The van der Waals surface area contributed by atoms with Crippen LogP contribution in [0.2, 0.25) is 0 Å². The molecule has 0 radical (unpaired) electrons. The van der Waals surface area contributed by atoms with Crippen LogP contribution in [0.3, 0.4) is 0 Å². The lowest BCUT2D eigenvalue weighted by Crippen LogP contribution is -2.16. The van der Waals surface area contributed by atoms with Crippen molar-refractivity contribution in [2.45, 2.75) is 13.8 Å². The molecule has 0 atom stereocenters. The minimum Gasteiger partial charge on any atom is -0.421 e. The number of hydrogen-bond acceptors (Lipinski definition) is 3. The Morgan fingerprint density at radius 1 is 1.05 bits per heavy atom. The van der Waals surface area contributed by atoms with E-state index in [9.17, 15) is 9.59 Å². The molecule has 0 aliphatic carbocycles. The second-order valence-electron chi connectivity index (χ2n) is 5.15. The van der Waals surface area contributed by atoms with E-state index in [1.165, 1.54) is 6.92 Å². The molecule has 0 aliphatic rings. The van der Waals surface area contributed by atoms with Crippen molar-refractivity contribution in [3.05, 3.63) is 64.5 Å². The summed E-state index contributed by atoms with van der Waals surface area (Å²) in [5.74, 6) is -0.296. The summed E-state index contributed by atoms with van der Waals surface area (Å²) in [6.07, 6.45) is 0. The maximum Gasteiger partial charge on any atom is 0.360 e. The number of hydrogen-bond donors (Lipinski definition) is 1. The van der Waals surface area contributed by atoms with Crippen molar-refractivity contribution in [2.24, 2.45) is 0 Å². The Labute approximate surface area is 127 Å². The molecule has 22 heavy (non-hydrogen) atoms. The Balaban J connectivity index is 2.19. The number of anilines is 1. The van der Waals surface area contributed by atoms with Crippen molar-refractivity contribution in [3.8, 4) is 11.1 Å². The van der Waals surface area contributed by atoms with Crippen molar-refractivity contribution >= 4 is 22.6 Å². The maximum atomic E-state index is 12.1. The van der Waals surface area contributed by atoms with E-state index in [1.807, 2.05) is 48.5 Å². The molecule has 1 amide bonds. The quantitative estimate of drug-likeness (QED) is 0.732. The first kappa shape index (κ1) is 14.1. The molecular formula is C18H15NO3. The van der Waals surface area contributed by atoms with Gasteiger partial charge in [0.1, 0.15) is 11.3 Å². The minimum atomic E-state index is -0.537. The standard InChI is InChI=1S/C18H15NO3/c1-11-15-9-8-14(13-6-4-3-5-7-13)10-16(15)22-18(21)17(11)19-12(2)20/h3-10H,1-2H3,(H,19,20). The molecule has 1 heterocycles. The van der Waals surface area contributed by atoms with E-state index in [0.717, 1.165) is 16.5 Å². The van der Waals surface area contributed by atoms with Gasteiger partial charge in [0.05, 0.1) is 0 Å². The number of aryl methyl sites for hydroxylation is 1. The van der Waals surface area contributed by atoms with Crippen LogP contribution in [0.5, 0.6) is 0 Å². The molecule has 4 heteroatoms. The fraction of sp³-hybridized carbons (Fsp3) is 0.111. The van der Waals surface area contributed by atoms with E-state index >= 15 is 0 Å². The summed E-state index contributed by atoms with van der Waals surface area (Å²) in [6.45, 7) is 3.16. The summed E-state index contributed by atoms with van der Waals surface area (Å²) in [5, 5.41) is 3.34. The lowest BCUT2D eigenvalue weighted by molar-refractivity contribution is -0.114. The van der Waals surface area contributed by atoms with Crippen LogP contribution in [-0.2, 0) is 4.79 Å². The zero-order chi connectivity index (χ0) is 15.7. The number of fused-ring (bicyclic) bond motifs is 1. The zero-order valence-electron chi connectivity index (χ0n) is 12.3. The van der Waals surface area contributed by atoms with Gasteiger partial charge in [0.2, 0.25) is 5.91 Å². The van der Waals surface area contributed by atoms with Crippen molar-refractivity contribution in [2.75, 3.05) is 5.32 Å². The molecule has 0 spiro atoms. The highest BCUT2D eigenvalue weighted by Crippen LogP contribution is 2.27. The summed E-state index contributed by atoms with van der Waals surface area (Å²) in [4.78, 5) is 23.3. The lowest BCUT2D eigenvalue weighted by atomic mass is 10.0. The van der Waals surface area contributed by atoms with Gasteiger partial charge in [0.25, 0.3) is 0 Å². The average molecular weight is 293 g/mol. The van der Waals surface area contributed by atoms with Crippen LogP contribution in [0.25, 0.3) is 22.1 Å². The molecule has 3 aromatic rings. The fourth-order valence-electron chi connectivity index (χ4n) is 2.49. The maximum absolute atomic E-state index is 12.1. The van der Waals surface area contributed by atoms with Gasteiger partial charge in [-0.3, -0.25) is 4.79 Å². The Morgan fingerprint density at radius 3 is 2.45 bits per heavy atom.